The highest BCUT2D eigenvalue weighted by atomic mass is 16.2. The van der Waals surface area contributed by atoms with Crippen molar-refractivity contribution in [3.8, 4) is 0 Å². The molecule has 19 heavy (non-hydrogen) atoms. The van der Waals surface area contributed by atoms with Gasteiger partial charge in [0.2, 0.25) is 5.91 Å². The zero-order valence-electron chi connectivity index (χ0n) is 10.9. The van der Waals surface area contributed by atoms with E-state index in [9.17, 15) is 9.59 Å². The van der Waals surface area contributed by atoms with Crippen molar-refractivity contribution in [3.63, 3.8) is 0 Å². The van der Waals surface area contributed by atoms with Gasteiger partial charge >= 0.3 is 0 Å². The molecular formula is C15H18N2O2. The van der Waals surface area contributed by atoms with E-state index in [0.717, 1.165) is 38.8 Å². The van der Waals surface area contributed by atoms with Crippen LogP contribution in [0, 0.1) is 5.92 Å². The maximum absolute atomic E-state index is 12.4. The number of likely N-dealkylation sites (tertiary alicyclic amines) is 1. The number of carbonyl (C=O) groups excluding carboxylic acids is 2. The van der Waals surface area contributed by atoms with Crippen molar-refractivity contribution in [2.45, 2.75) is 25.7 Å². The Morgan fingerprint density at radius 1 is 1.11 bits per heavy atom. The van der Waals surface area contributed by atoms with E-state index in [-0.39, 0.29) is 17.7 Å². The lowest BCUT2D eigenvalue weighted by Crippen LogP contribution is -2.29. The van der Waals surface area contributed by atoms with Gasteiger partial charge in [0.05, 0.1) is 11.3 Å². The first-order chi connectivity index (χ1) is 9.25. The highest BCUT2D eigenvalue weighted by Gasteiger charge is 2.30. The number of rotatable bonds is 3. The zero-order chi connectivity index (χ0) is 13.2. The summed E-state index contributed by atoms with van der Waals surface area (Å²) >= 11 is 0. The second-order valence-electron chi connectivity index (χ2n) is 5.31. The Morgan fingerprint density at radius 3 is 2.47 bits per heavy atom. The summed E-state index contributed by atoms with van der Waals surface area (Å²) in [5.41, 5.74) is 1.26. The summed E-state index contributed by atoms with van der Waals surface area (Å²) in [4.78, 5) is 26.1. The van der Waals surface area contributed by atoms with Crippen LogP contribution in [0.15, 0.2) is 24.3 Å². The number of para-hydroxylation sites is 1. The maximum Gasteiger partial charge on any atom is 0.255 e. The number of benzene rings is 1. The highest BCUT2D eigenvalue weighted by molar-refractivity contribution is 6.04. The van der Waals surface area contributed by atoms with Gasteiger partial charge in [0.1, 0.15) is 0 Å². The first kappa shape index (κ1) is 12.2. The third-order valence-electron chi connectivity index (χ3n) is 3.76. The van der Waals surface area contributed by atoms with Crippen LogP contribution in [0.5, 0.6) is 0 Å². The Hall–Kier alpha value is -1.84. The molecule has 0 unspecified atom stereocenters. The van der Waals surface area contributed by atoms with E-state index in [2.05, 4.69) is 5.32 Å². The number of carbonyl (C=O) groups is 2. The van der Waals surface area contributed by atoms with Gasteiger partial charge in [-0.2, -0.15) is 0 Å². The molecule has 1 saturated carbocycles. The average molecular weight is 258 g/mol. The molecule has 3 rings (SSSR count). The molecule has 0 radical (unpaired) electrons. The first-order valence-electron chi connectivity index (χ1n) is 6.95. The standard InChI is InChI=1S/C15H18N2O2/c18-14(11-7-8-11)16-13-6-2-1-5-12(13)15(19)17-9-3-4-10-17/h1-2,5-6,11H,3-4,7-10H2,(H,16,18). The van der Waals surface area contributed by atoms with Crippen LogP contribution in [0.2, 0.25) is 0 Å². The normalized spacial score (nSPS) is 18.4. The number of nitrogens with one attached hydrogen (secondary N) is 1. The Labute approximate surface area is 112 Å². The zero-order valence-corrected chi connectivity index (χ0v) is 10.9. The molecule has 2 fully saturated rings. The van der Waals surface area contributed by atoms with Crippen molar-refractivity contribution in [2.75, 3.05) is 18.4 Å². The van der Waals surface area contributed by atoms with Crippen LogP contribution in [0.1, 0.15) is 36.0 Å². The number of hydrogen-bond acceptors (Lipinski definition) is 2. The van der Waals surface area contributed by atoms with E-state index in [4.69, 9.17) is 0 Å². The molecule has 4 nitrogen and oxygen atoms in total. The molecule has 100 valence electrons. The van der Waals surface area contributed by atoms with Crippen molar-refractivity contribution in [3.05, 3.63) is 29.8 Å². The molecule has 1 saturated heterocycles. The van der Waals surface area contributed by atoms with Crippen LogP contribution in [0.25, 0.3) is 0 Å². The van der Waals surface area contributed by atoms with E-state index in [1.165, 1.54) is 0 Å². The van der Waals surface area contributed by atoms with Crippen molar-refractivity contribution < 1.29 is 9.59 Å². The molecule has 1 aromatic carbocycles. The summed E-state index contributed by atoms with van der Waals surface area (Å²) in [6.45, 7) is 1.65. The van der Waals surface area contributed by atoms with Crippen molar-refractivity contribution in [1.82, 2.24) is 4.90 Å². The summed E-state index contributed by atoms with van der Waals surface area (Å²) in [6, 6.07) is 7.30. The molecule has 0 aromatic heterocycles. The van der Waals surface area contributed by atoms with Gasteiger partial charge in [-0.15, -0.1) is 0 Å². The Bertz CT molecular complexity index is 503. The largest absolute Gasteiger partial charge is 0.339 e. The summed E-state index contributed by atoms with van der Waals surface area (Å²) in [6.07, 6.45) is 4.08. The number of hydrogen-bond donors (Lipinski definition) is 1. The molecular weight excluding hydrogens is 240 g/mol. The first-order valence-corrected chi connectivity index (χ1v) is 6.95. The second kappa shape index (κ2) is 5.03. The quantitative estimate of drug-likeness (QED) is 0.904. The summed E-state index contributed by atoms with van der Waals surface area (Å²) in [7, 11) is 0. The molecule has 1 aliphatic heterocycles. The minimum Gasteiger partial charge on any atom is -0.339 e. The Kier molecular flexibility index (Phi) is 3.23. The van der Waals surface area contributed by atoms with Gasteiger partial charge in [-0.1, -0.05) is 12.1 Å². The third kappa shape index (κ3) is 2.62. The van der Waals surface area contributed by atoms with Crippen LogP contribution in [0.3, 0.4) is 0 Å². The van der Waals surface area contributed by atoms with Crippen LogP contribution in [0.4, 0.5) is 5.69 Å². The highest BCUT2D eigenvalue weighted by Crippen LogP contribution is 2.31. The molecule has 0 atom stereocenters. The molecule has 1 aliphatic carbocycles. The molecule has 1 N–H and O–H groups in total. The smallest absolute Gasteiger partial charge is 0.255 e. The van der Waals surface area contributed by atoms with E-state index in [1.54, 1.807) is 6.07 Å². The minimum absolute atomic E-state index is 0.0317. The fraction of sp³-hybridized carbons (Fsp3) is 0.467. The van der Waals surface area contributed by atoms with Crippen LogP contribution in [-0.2, 0) is 4.79 Å². The van der Waals surface area contributed by atoms with E-state index in [1.807, 2.05) is 23.1 Å². The molecule has 0 bridgehead atoms. The van der Waals surface area contributed by atoms with E-state index in [0.29, 0.717) is 11.3 Å². The topological polar surface area (TPSA) is 49.4 Å². The predicted octanol–water partition coefficient (Wildman–Crippen LogP) is 2.27. The molecule has 1 heterocycles. The van der Waals surface area contributed by atoms with Gasteiger partial charge in [-0.05, 0) is 37.8 Å². The van der Waals surface area contributed by atoms with Crippen LogP contribution in [-0.4, -0.2) is 29.8 Å². The lowest BCUT2D eigenvalue weighted by atomic mass is 10.1. The molecule has 2 amide bonds. The van der Waals surface area contributed by atoms with E-state index < -0.39 is 0 Å². The SMILES string of the molecule is O=C(Nc1ccccc1C(=O)N1CCCC1)C1CC1. The lowest BCUT2D eigenvalue weighted by Gasteiger charge is -2.17. The molecule has 2 aliphatic rings. The van der Waals surface area contributed by atoms with Crippen molar-refractivity contribution >= 4 is 17.5 Å². The van der Waals surface area contributed by atoms with Crippen LogP contribution >= 0.6 is 0 Å². The minimum atomic E-state index is 0.0317. The van der Waals surface area contributed by atoms with Gasteiger partial charge in [0.15, 0.2) is 0 Å². The Balaban J connectivity index is 1.79. The third-order valence-corrected chi connectivity index (χ3v) is 3.76. The monoisotopic (exact) mass is 258 g/mol. The lowest BCUT2D eigenvalue weighted by molar-refractivity contribution is -0.117. The van der Waals surface area contributed by atoms with Gasteiger partial charge in [0.25, 0.3) is 5.91 Å². The number of anilines is 1. The van der Waals surface area contributed by atoms with Crippen molar-refractivity contribution in [1.29, 1.82) is 0 Å². The second-order valence-corrected chi connectivity index (χ2v) is 5.31. The predicted molar refractivity (Wildman–Crippen MR) is 72.9 cm³/mol. The summed E-state index contributed by atoms with van der Waals surface area (Å²) < 4.78 is 0. The van der Waals surface area contributed by atoms with Gasteiger partial charge < -0.3 is 10.2 Å². The van der Waals surface area contributed by atoms with E-state index >= 15 is 0 Å². The molecule has 4 heteroatoms. The van der Waals surface area contributed by atoms with Gasteiger partial charge in [-0.3, -0.25) is 9.59 Å². The molecule has 0 spiro atoms. The average Bonchev–Trinajstić information content (AvgIpc) is 3.14. The number of nitrogens with zero attached hydrogens (tertiary/aromatic N) is 1. The maximum atomic E-state index is 12.4. The van der Waals surface area contributed by atoms with Crippen molar-refractivity contribution in [2.24, 2.45) is 5.92 Å². The number of amides is 2. The Morgan fingerprint density at radius 2 is 1.79 bits per heavy atom. The van der Waals surface area contributed by atoms with Crippen LogP contribution < -0.4 is 5.32 Å². The fourth-order valence-electron chi connectivity index (χ4n) is 2.45. The summed E-state index contributed by atoms with van der Waals surface area (Å²) in [5.74, 6) is 0.223. The summed E-state index contributed by atoms with van der Waals surface area (Å²) in [5, 5.41) is 2.89. The van der Waals surface area contributed by atoms with Gasteiger partial charge in [-0.25, -0.2) is 0 Å². The van der Waals surface area contributed by atoms with Gasteiger partial charge in [0, 0.05) is 19.0 Å². The molecule has 1 aromatic rings. The fourth-order valence-corrected chi connectivity index (χ4v) is 2.45.